The van der Waals surface area contributed by atoms with Crippen molar-refractivity contribution in [2.75, 3.05) is 26.2 Å². The Balaban J connectivity index is 1.38. The van der Waals surface area contributed by atoms with Gasteiger partial charge in [0.25, 0.3) is 0 Å². The highest BCUT2D eigenvalue weighted by atomic mass is 16.2. The van der Waals surface area contributed by atoms with Gasteiger partial charge in [-0.25, -0.2) is 0 Å². The van der Waals surface area contributed by atoms with E-state index in [4.69, 9.17) is 0 Å². The second kappa shape index (κ2) is 12.8. The van der Waals surface area contributed by atoms with Crippen molar-refractivity contribution in [3.63, 3.8) is 0 Å². The lowest BCUT2D eigenvalue weighted by atomic mass is 9.91. The van der Waals surface area contributed by atoms with Gasteiger partial charge in [0.05, 0.1) is 6.54 Å². The number of carbonyl (C=O) groups is 2. The molecule has 3 aromatic rings. The molecule has 1 atom stereocenters. The summed E-state index contributed by atoms with van der Waals surface area (Å²) in [7, 11) is 0. The molecule has 35 heavy (non-hydrogen) atoms. The van der Waals surface area contributed by atoms with Crippen LogP contribution in [0.3, 0.4) is 0 Å². The largest absolute Gasteiger partial charge is 0.356 e. The molecular weight excluding hydrogens is 436 g/mol. The molecule has 1 fully saturated rings. The highest BCUT2D eigenvalue weighted by Crippen LogP contribution is 2.24. The normalized spacial score (nSPS) is 18.8. The fourth-order valence-corrected chi connectivity index (χ4v) is 4.58. The molecule has 182 valence electrons. The molecule has 2 amide bonds. The van der Waals surface area contributed by atoms with Crippen molar-refractivity contribution >= 4 is 11.8 Å². The third kappa shape index (κ3) is 7.76. The summed E-state index contributed by atoms with van der Waals surface area (Å²) < 4.78 is 0. The van der Waals surface area contributed by atoms with Crippen LogP contribution in [-0.4, -0.2) is 47.9 Å². The van der Waals surface area contributed by atoms with E-state index >= 15 is 0 Å². The predicted molar refractivity (Wildman–Crippen MR) is 139 cm³/mol. The number of nitrogens with zero attached hydrogens (tertiary/aromatic N) is 2. The first-order valence-electron chi connectivity index (χ1n) is 12.5. The van der Waals surface area contributed by atoms with Crippen molar-refractivity contribution in [3.05, 3.63) is 90.3 Å². The van der Waals surface area contributed by atoms with Gasteiger partial charge in [0.2, 0.25) is 11.8 Å². The summed E-state index contributed by atoms with van der Waals surface area (Å²) in [6.45, 7) is 2.99. The molecule has 1 unspecified atom stereocenters. The lowest BCUT2D eigenvalue weighted by Crippen LogP contribution is -2.39. The lowest BCUT2D eigenvalue weighted by Gasteiger charge is -2.23. The average molecular weight is 471 g/mol. The highest BCUT2D eigenvalue weighted by molar-refractivity contribution is 5.78. The fourth-order valence-electron chi connectivity index (χ4n) is 4.58. The third-order valence-corrected chi connectivity index (χ3v) is 6.50. The maximum absolute atomic E-state index is 12.8. The standard InChI is InChI=1S/C29H34N4O2/c34-28-14-13-26(24-6-2-1-3-7-24)15-18-32-29(35)22-33(19-5-17-31-28)21-23-9-11-25(12-10-23)27-8-4-16-30-20-27/h1-4,6-12,16,20,26H,5,13-15,17-19,21-22H2,(H,31,34)(H,32,35). The van der Waals surface area contributed by atoms with Crippen LogP contribution >= 0.6 is 0 Å². The first kappa shape index (κ1) is 24.6. The number of amides is 2. The highest BCUT2D eigenvalue weighted by Gasteiger charge is 2.17. The van der Waals surface area contributed by atoms with Crippen LogP contribution in [0.15, 0.2) is 79.1 Å². The molecule has 1 aromatic heterocycles. The molecule has 6 heteroatoms. The van der Waals surface area contributed by atoms with E-state index in [1.807, 2.05) is 36.5 Å². The Hall–Kier alpha value is -3.51. The van der Waals surface area contributed by atoms with E-state index < -0.39 is 0 Å². The second-order valence-electron chi connectivity index (χ2n) is 9.14. The van der Waals surface area contributed by atoms with Crippen molar-refractivity contribution in [2.45, 2.75) is 38.1 Å². The second-order valence-corrected chi connectivity index (χ2v) is 9.14. The van der Waals surface area contributed by atoms with E-state index in [9.17, 15) is 9.59 Å². The van der Waals surface area contributed by atoms with Crippen molar-refractivity contribution in [2.24, 2.45) is 0 Å². The van der Waals surface area contributed by atoms with E-state index in [1.54, 1.807) is 6.20 Å². The number of hydrogen-bond acceptors (Lipinski definition) is 4. The predicted octanol–water partition coefficient (Wildman–Crippen LogP) is 4.14. The Morgan fingerprint density at radius 1 is 0.829 bits per heavy atom. The van der Waals surface area contributed by atoms with Crippen molar-refractivity contribution in [1.29, 1.82) is 0 Å². The van der Waals surface area contributed by atoms with Gasteiger partial charge in [-0.15, -0.1) is 0 Å². The summed E-state index contributed by atoms with van der Waals surface area (Å²) in [6, 6.07) is 22.7. The molecule has 4 rings (SSSR count). The maximum Gasteiger partial charge on any atom is 0.234 e. The number of benzene rings is 2. The number of aromatic nitrogens is 1. The van der Waals surface area contributed by atoms with Crippen LogP contribution in [-0.2, 0) is 16.1 Å². The molecule has 1 saturated heterocycles. The van der Waals surface area contributed by atoms with Gasteiger partial charge in [-0.3, -0.25) is 19.5 Å². The molecule has 0 spiro atoms. The molecule has 2 heterocycles. The minimum atomic E-state index is 0.0462. The van der Waals surface area contributed by atoms with Gasteiger partial charge < -0.3 is 10.6 Å². The number of nitrogens with one attached hydrogen (secondary N) is 2. The summed E-state index contributed by atoms with van der Waals surface area (Å²) in [6.07, 6.45) is 6.53. The summed E-state index contributed by atoms with van der Waals surface area (Å²) in [5.74, 6) is 0.397. The number of pyridine rings is 1. The SMILES string of the molecule is O=C1CCC(c2ccccc2)CCNC(=O)CN(Cc2ccc(-c3cccnc3)cc2)CCCN1. The van der Waals surface area contributed by atoms with Crippen molar-refractivity contribution in [3.8, 4) is 11.1 Å². The summed E-state index contributed by atoms with van der Waals surface area (Å²) >= 11 is 0. The third-order valence-electron chi connectivity index (χ3n) is 6.50. The Morgan fingerprint density at radius 3 is 2.40 bits per heavy atom. The van der Waals surface area contributed by atoms with E-state index in [0.29, 0.717) is 32.6 Å². The molecule has 6 nitrogen and oxygen atoms in total. The van der Waals surface area contributed by atoms with Crippen LogP contribution < -0.4 is 10.6 Å². The van der Waals surface area contributed by atoms with Gasteiger partial charge in [-0.1, -0.05) is 60.7 Å². The minimum Gasteiger partial charge on any atom is -0.356 e. The number of carbonyl (C=O) groups excluding carboxylic acids is 2. The van der Waals surface area contributed by atoms with E-state index in [2.05, 4.69) is 56.9 Å². The Morgan fingerprint density at radius 2 is 1.63 bits per heavy atom. The zero-order valence-corrected chi connectivity index (χ0v) is 20.2. The van der Waals surface area contributed by atoms with Gasteiger partial charge in [0, 0.05) is 45.0 Å². The van der Waals surface area contributed by atoms with Gasteiger partial charge in [0.1, 0.15) is 0 Å². The smallest absolute Gasteiger partial charge is 0.234 e. The van der Waals surface area contributed by atoms with Gasteiger partial charge in [-0.05, 0) is 53.5 Å². The Kier molecular flexibility index (Phi) is 9.01. The first-order valence-corrected chi connectivity index (χ1v) is 12.5. The fraction of sp³-hybridized carbons (Fsp3) is 0.345. The average Bonchev–Trinajstić information content (AvgIpc) is 2.89. The molecule has 1 aliphatic rings. The Labute approximate surface area is 207 Å². The summed E-state index contributed by atoms with van der Waals surface area (Å²) in [4.78, 5) is 31.5. The number of rotatable bonds is 4. The van der Waals surface area contributed by atoms with Crippen LogP contribution in [0, 0.1) is 0 Å². The molecule has 0 bridgehead atoms. The maximum atomic E-state index is 12.8. The zero-order chi connectivity index (χ0) is 24.3. The summed E-state index contributed by atoms with van der Waals surface area (Å²) in [5.41, 5.74) is 4.58. The number of hydrogen-bond donors (Lipinski definition) is 2. The van der Waals surface area contributed by atoms with Crippen LogP contribution in [0.4, 0.5) is 0 Å². The summed E-state index contributed by atoms with van der Waals surface area (Å²) in [5, 5.41) is 6.16. The van der Waals surface area contributed by atoms with Gasteiger partial charge >= 0.3 is 0 Å². The van der Waals surface area contributed by atoms with Crippen molar-refractivity contribution < 1.29 is 9.59 Å². The molecule has 1 aliphatic heterocycles. The monoisotopic (exact) mass is 470 g/mol. The lowest BCUT2D eigenvalue weighted by molar-refractivity contribution is -0.123. The topological polar surface area (TPSA) is 74.3 Å². The van der Waals surface area contributed by atoms with E-state index in [1.165, 1.54) is 5.56 Å². The molecule has 2 aromatic carbocycles. The van der Waals surface area contributed by atoms with Crippen LogP contribution in [0.25, 0.3) is 11.1 Å². The molecule has 0 radical (unpaired) electrons. The molecule has 2 N–H and O–H groups in total. The van der Waals surface area contributed by atoms with Gasteiger partial charge in [0.15, 0.2) is 0 Å². The quantitative estimate of drug-likeness (QED) is 0.601. The molecule has 0 aliphatic carbocycles. The van der Waals surface area contributed by atoms with Gasteiger partial charge in [-0.2, -0.15) is 0 Å². The van der Waals surface area contributed by atoms with E-state index in [-0.39, 0.29) is 17.7 Å². The van der Waals surface area contributed by atoms with E-state index in [0.717, 1.165) is 42.5 Å². The zero-order valence-electron chi connectivity index (χ0n) is 20.2. The minimum absolute atomic E-state index is 0.0462. The van der Waals surface area contributed by atoms with Crippen LogP contribution in [0.2, 0.25) is 0 Å². The molecule has 0 saturated carbocycles. The van der Waals surface area contributed by atoms with Crippen LogP contribution in [0.1, 0.15) is 42.7 Å². The van der Waals surface area contributed by atoms with Crippen LogP contribution in [0.5, 0.6) is 0 Å². The Bertz CT molecular complexity index is 1070. The first-order chi connectivity index (χ1) is 17.2. The van der Waals surface area contributed by atoms with Crippen molar-refractivity contribution in [1.82, 2.24) is 20.5 Å². The molecular formula is C29H34N4O2.